The van der Waals surface area contributed by atoms with Gasteiger partial charge in [0, 0.05) is 44.5 Å². The van der Waals surface area contributed by atoms with E-state index in [0.717, 1.165) is 29.8 Å². The third-order valence-corrected chi connectivity index (χ3v) is 5.76. The van der Waals surface area contributed by atoms with E-state index in [1.165, 1.54) is 38.6 Å². The lowest BCUT2D eigenvalue weighted by Crippen LogP contribution is -2.45. The molecule has 1 aromatic rings. The van der Waals surface area contributed by atoms with Gasteiger partial charge < -0.3 is 20.9 Å². The van der Waals surface area contributed by atoms with Gasteiger partial charge in [0.25, 0.3) is 0 Å². The zero-order valence-electron chi connectivity index (χ0n) is 18.1. The second-order valence-electron chi connectivity index (χ2n) is 8.48. The first-order valence-corrected chi connectivity index (χ1v) is 10.8. The molecule has 0 radical (unpaired) electrons. The highest BCUT2D eigenvalue weighted by atomic mass is 16.2. The number of likely N-dealkylation sites (tertiary alicyclic amines) is 1. The first-order valence-electron chi connectivity index (χ1n) is 10.8. The summed E-state index contributed by atoms with van der Waals surface area (Å²) in [4.78, 5) is 20.9. The van der Waals surface area contributed by atoms with Crippen LogP contribution >= 0.6 is 0 Å². The molecule has 0 bridgehead atoms. The number of anilines is 1. The third kappa shape index (κ3) is 6.72. The van der Waals surface area contributed by atoms with Crippen molar-refractivity contribution >= 4 is 17.6 Å². The van der Waals surface area contributed by atoms with Crippen molar-refractivity contribution in [3.63, 3.8) is 0 Å². The molecule has 1 saturated heterocycles. The van der Waals surface area contributed by atoms with Gasteiger partial charge in [-0.15, -0.1) is 0 Å². The van der Waals surface area contributed by atoms with E-state index in [9.17, 15) is 4.79 Å². The van der Waals surface area contributed by atoms with Crippen molar-refractivity contribution in [1.29, 1.82) is 0 Å². The van der Waals surface area contributed by atoms with E-state index in [4.69, 9.17) is 0 Å². The van der Waals surface area contributed by atoms with E-state index < -0.39 is 0 Å². The maximum absolute atomic E-state index is 12.0. The highest BCUT2D eigenvalue weighted by Gasteiger charge is 2.30. The van der Waals surface area contributed by atoms with Crippen molar-refractivity contribution in [2.45, 2.75) is 50.7 Å². The van der Waals surface area contributed by atoms with Crippen molar-refractivity contribution in [2.75, 3.05) is 46.1 Å². The fourth-order valence-corrected chi connectivity index (χ4v) is 4.33. The van der Waals surface area contributed by atoms with Crippen LogP contribution in [0.1, 0.15) is 37.7 Å². The quantitative estimate of drug-likeness (QED) is 0.481. The summed E-state index contributed by atoms with van der Waals surface area (Å²) in [5, 5.41) is 9.93. The largest absolute Gasteiger partial charge is 0.352 e. The van der Waals surface area contributed by atoms with Crippen molar-refractivity contribution < 1.29 is 4.79 Å². The standard InChI is InChI=1S/C22H36N6O/c1-23-22(26-19-11-12-28(15-19)20-9-4-5-10-20)24-14-17-7-6-8-18(13-17)25-21(29)16-27(2)3/h6-8,13,19-20H,4-5,9-12,14-16H2,1-3H3,(H,25,29)(H2,23,24,26). The summed E-state index contributed by atoms with van der Waals surface area (Å²) in [7, 11) is 5.59. The van der Waals surface area contributed by atoms with E-state index in [0.29, 0.717) is 19.1 Å². The number of benzene rings is 1. The van der Waals surface area contributed by atoms with Gasteiger partial charge in [-0.25, -0.2) is 0 Å². The molecule has 7 nitrogen and oxygen atoms in total. The SMILES string of the molecule is CN=C(NCc1cccc(NC(=O)CN(C)C)c1)NC1CCN(C2CCCC2)C1. The van der Waals surface area contributed by atoms with Crippen LogP contribution in [0.2, 0.25) is 0 Å². The Morgan fingerprint density at radius 1 is 1.24 bits per heavy atom. The second-order valence-corrected chi connectivity index (χ2v) is 8.48. The Bertz CT molecular complexity index is 698. The summed E-state index contributed by atoms with van der Waals surface area (Å²) < 4.78 is 0. The number of amides is 1. The minimum atomic E-state index is -0.00867. The maximum Gasteiger partial charge on any atom is 0.238 e. The zero-order valence-corrected chi connectivity index (χ0v) is 18.1. The highest BCUT2D eigenvalue weighted by Crippen LogP contribution is 2.26. The molecule has 1 aliphatic carbocycles. The number of hydrogen-bond donors (Lipinski definition) is 3. The van der Waals surface area contributed by atoms with Gasteiger partial charge in [0.2, 0.25) is 5.91 Å². The summed E-state index contributed by atoms with van der Waals surface area (Å²) in [6, 6.07) is 9.19. The van der Waals surface area contributed by atoms with Crippen LogP contribution in [0.4, 0.5) is 5.69 Å². The molecule has 1 aromatic carbocycles. The van der Waals surface area contributed by atoms with Crippen LogP contribution in [0.5, 0.6) is 0 Å². The number of aliphatic imine (C=N–C) groups is 1. The number of carbonyl (C=O) groups is 1. The van der Waals surface area contributed by atoms with Crippen molar-refractivity contribution in [2.24, 2.45) is 4.99 Å². The molecule has 1 saturated carbocycles. The van der Waals surface area contributed by atoms with Gasteiger partial charge in [0.15, 0.2) is 5.96 Å². The molecule has 3 rings (SSSR count). The number of carbonyl (C=O) groups excluding carboxylic acids is 1. The number of guanidine groups is 1. The number of nitrogens with one attached hydrogen (secondary N) is 3. The molecule has 1 heterocycles. The molecule has 1 amide bonds. The van der Waals surface area contributed by atoms with Crippen LogP contribution in [0.15, 0.2) is 29.3 Å². The van der Waals surface area contributed by atoms with Crippen LogP contribution in [0.25, 0.3) is 0 Å². The van der Waals surface area contributed by atoms with Crippen molar-refractivity contribution in [3.8, 4) is 0 Å². The minimum absolute atomic E-state index is 0.00867. The number of rotatable bonds is 7. The summed E-state index contributed by atoms with van der Waals surface area (Å²) in [6.45, 7) is 3.33. The fourth-order valence-electron chi connectivity index (χ4n) is 4.33. The van der Waals surface area contributed by atoms with E-state index in [2.05, 4.69) is 31.9 Å². The van der Waals surface area contributed by atoms with E-state index >= 15 is 0 Å². The van der Waals surface area contributed by atoms with Gasteiger partial charge in [-0.05, 0) is 51.1 Å². The lowest BCUT2D eigenvalue weighted by atomic mass is 10.2. The second kappa shape index (κ2) is 10.6. The average molecular weight is 401 g/mol. The Kier molecular flexibility index (Phi) is 7.89. The Balaban J connectivity index is 1.46. The number of nitrogens with zero attached hydrogens (tertiary/aromatic N) is 3. The van der Waals surface area contributed by atoms with Gasteiger partial charge in [0.1, 0.15) is 0 Å². The Hall–Kier alpha value is -2.12. The normalized spacial score (nSPS) is 21.0. The van der Waals surface area contributed by atoms with Gasteiger partial charge in [-0.3, -0.25) is 14.7 Å². The smallest absolute Gasteiger partial charge is 0.238 e. The monoisotopic (exact) mass is 400 g/mol. The highest BCUT2D eigenvalue weighted by molar-refractivity contribution is 5.92. The van der Waals surface area contributed by atoms with Crippen LogP contribution in [0, 0.1) is 0 Å². The molecule has 1 atom stereocenters. The molecular weight excluding hydrogens is 364 g/mol. The average Bonchev–Trinajstić information content (AvgIpc) is 3.36. The van der Waals surface area contributed by atoms with Gasteiger partial charge >= 0.3 is 0 Å². The van der Waals surface area contributed by atoms with Gasteiger partial charge in [-0.1, -0.05) is 25.0 Å². The topological polar surface area (TPSA) is 72.0 Å². The predicted molar refractivity (Wildman–Crippen MR) is 119 cm³/mol. The van der Waals surface area contributed by atoms with Gasteiger partial charge in [-0.2, -0.15) is 0 Å². The summed E-state index contributed by atoms with van der Waals surface area (Å²) in [6.07, 6.45) is 6.67. The van der Waals surface area contributed by atoms with E-state index in [1.54, 1.807) is 0 Å². The van der Waals surface area contributed by atoms with Crippen molar-refractivity contribution in [1.82, 2.24) is 20.4 Å². The van der Waals surface area contributed by atoms with Crippen LogP contribution in [-0.2, 0) is 11.3 Å². The minimum Gasteiger partial charge on any atom is -0.352 e. The number of hydrogen-bond acceptors (Lipinski definition) is 4. The molecule has 0 aromatic heterocycles. The molecule has 1 unspecified atom stereocenters. The Labute approximate surface area is 174 Å². The fraction of sp³-hybridized carbons (Fsp3) is 0.636. The summed E-state index contributed by atoms with van der Waals surface area (Å²) in [5.74, 6) is 0.830. The third-order valence-electron chi connectivity index (χ3n) is 5.76. The van der Waals surface area contributed by atoms with E-state index in [-0.39, 0.29) is 5.91 Å². The first kappa shape index (κ1) is 21.6. The van der Waals surface area contributed by atoms with Crippen molar-refractivity contribution in [3.05, 3.63) is 29.8 Å². The molecule has 3 N–H and O–H groups in total. The molecule has 2 fully saturated rings. The summed E-state index contributed by atoms with van der Waals surface area (Å²) in [5.41, 5.74) is 1.93. The lowest BCUT2D eigenvalue weighted by Gasteiger charge is -2.24. The molecule has 1 aliphatic heterocycles. The Morgan fingerprint density at radius 3 is 2.76 bits per heavy atom. The van der Waals surface area contributed by atoms with Crippen LogP contribution in [0.3, 0.4) is 0 Å². The molecule has 29 heavy (non-hydrogen) atoms. The Morgan fingerprint density at radius 2 is 2.03 bits per heavy atom. The number of likely N-dealkylation sites (N-methyl/N-ethyl adjacent to an activating group) is 1. The maximum atomic E-state index is 12.0. The zero-order chi connectivity index (χ0) is 20.6. The molecule has 0 spiro atoms. The van der Waals surface area contributed by atoms with Gasteiger partial charge in [0.05, 0.1) is 6.54 Å². The molecular formula is C22H36N6O. The lowest BCUT2D eigenvalue weighted by molar-refractivity contribution is -0.116. The first-order chi connectivity index (χ1) is 14.0. The molecule has 160 valence electrons. The van der Waals surface area contributed by atoms with Crippen LogP contribution in [-0.4, -0.2) is 74.5 Å². The molecule has 7 heteroatoms. The van der Waals surface area contributed by atoms with Crippen LogP contribution < -0.4 is 16.0 Å². The van der Waals surface area contributed by atoms with E-state index in [1.807, 2.05) is 44.2 Å². The predicted octanol–water partition coefficient (Wildman–Crippen LogP) is 1.87. The summed E-state index contributed by atoms with van der Waals surface area (Å²) >= 11 is 0. The molecule has 2 aliphatic rings.